The highest BCUT2D eigenvalue weighted by Gasteiger charge is 2.27. The van der Waals surface area contributed by atoms with Gasteiger partial charge in [0.25, 0.3) is 0 Å². The number of thioether (sulfide) groups is 1. The molecule has 0 heterocycles. The molecule has 1 atom stereocenters. The van der Waals surface area contributed by atoms with E-state index in [1.165, 1.54) is 0 Å². The van der Waals surface area contributed by atoms with Crippen LogP contribution >= 0.6 is 11.8 Å². The Hall–Kier alpha value is -0.880. The van der Waals surface area contributed by atoms with E-state index < -0.39 is 5.51 Å². The second-order valence-electron chi connectivity index (χ2n) is 3.73. The lowest BCUT2D eigenvalue weighted by Gasteiger charge is -2.11. The fourth-order valence-corrected chi connectivity index (χ4v) is 1.76. The molecule has 2 N–H and O–H groups in total. The highest BCUT2D eigenvalue weighted by molar-refractivity contribution is 8.00. The van der Waals surface area contributed by atoms with Crippen LogP contribution in [0.3, 0.4) is 0 Å². The van der Waals surface area contributed by atoms with Gasteiger partial charge in [-0.3, -0.25) is 0 Å². The third-order valence-electron chi connectivity index (χ3n) is 2.37. The maximum absolute atomic E-state index is 11.9. The van der Waals surface area contributed by atoms with E-state index in [1.807, 2.05) is 19.1 Å². The molecule has 102 valence electrons. The van der Waals surface area contributed by atoms with E-state index in [0.717, 1.165) is 12.0 Å². The molecule has 0 aliphatic heterocycles. The second-order valence-corrected chi connectivity index (χ2v) is 4.89. The van der Waals surface area contributed by atoms with Crippen LogP contribution in [0, 0.1) is 0 Å². The van der Waals surface area contributed by atoms with Crippen molar-refractivity contribution in [2.24, 2.45) is 5.73 Å². The van der Waals surface area contributed by atoms with Crippen molar-refractivity contribution < 1.29 is 17.9 Å². The van der Waals surface area contributed by atoms with Gasteiger partial charge < -0.3 is 10.5 Å². The molecular formula is C12H16F3NOS. The number of alkyl halides is 3. The zero-order valence-electron chi connectivity index (χ0n) is 10.0. The fourth-order valence-electron chi connectivity index (χ4n) is 1.36. The van der Waals surface area contributed by atoms with Gasteiger partial charge in [0.05, 0.1) is 6.61 Å². The lowest BCUT2D eigenvalue weighted by Crippen LogP contribution is -2.09. The number of hydrogen-bond donors (Lipinski definition) is 1. The van der Waals surface area contributed by atoms with Crippen molar-refractivity contribution >= 4 is 11.8 Å². The van der Waals surface area contributed by atoms with Crippen LogP contribution in [0.2, 0.25) is 0 Å². The molecule has 2 nitrogen and oxygen atoms in total. The van der Waals surface area contributed by atoms with Gasteiger partial charge >= 0.3 is 5.51 Å². The van der Waals surface area contributed by atoms with Gasteiger partial charge in [0.1, 0.15) is 5.75 Å². The Labute approximate surface area is 109 Å². The molecule has 0 aliphatic rings. The van der Waals surface area contributed by atoms with Crippen molar-refractivity contribution in [2.75, 3.05) is 12.4 Å². The Balaban J connectivity index is 2.35. The highest BCUT2D eigenvalue weighted by atomic mass is 32.2. The van der Waals surface area contributed by atoms with Crippen LogP contribution in [0.4, 0.5) is 13.2 Å². The summed E-state index contributed by atoms with van der Waals surface area (Å²) in [5.74, 6) is 0.449. The number of benzene rings is 1. The maximum atomic E-state index is 11.9. The van der Waals surface area contributed by atoms with Crippen molar-refractivity contribution in [1.29, 1.82) is 0 Å². The average molecular weight is 279 g/mol. The molecule has 0 saturated carbocycles. The van der Waals surface area contributed by atoms with Crippen molar-refractivity contribution in [3.8, 4) is 5.75 Å². The summed E-state index contributed by atoms with van der Waals surface area (Å²) >= 11 is -0.0805. The van der Waals surface area contributed by atoms with Crippen LogP contribution in [0.1, 0.15) is 24.9 Å². The average Bonchev–Trinajstić information content (AvgIpc) is 2.33. The molecule has 0 bridgehead atoms. The first-order chi connectivity index (χ1) is 8.42. The first kappa shape index (κ1) is 15.2. The molecular weight excluding hydrogens is 263 g/mol. The Morgan fingerprint density at radius 2 is 1.89 bits per heavy atom. The summed E-state index contributed by atoms with van der Waals surface area (Å²) in [5.41, 5.74) is 2.65. The number of ether oxygens (including phenoxy) is 1. The maximum Gasteiger partial charge on any atom is 0.441 e. The largest absolute Gasteiger partial charge is 0.493 e. The molecule has 1 aromatic carbocycles. The normalized spacial score (nSPS) is 13.4. The Morgan fingerprint density at radius 1 is 1.28 bits per heavy atom. The van der Waals surface area contributed by atoms with Crippen LogP contribution in [0.15, 0.2) is 24.3 Å². The van der Waals surface area contributed by atoms with E-state index >= 15 is 0 Å². The fraction of sp³-hybridized carbons (Fsp3) is 0.500. The summed E-state index contributed by atoms with van der Waals surface area (Å²) in [4.78, 5) is 0. The summed E-state index contributed by atoms with van der Waals surface area (Å²) < 4.78 is 40.8. The van der Waals surface area contributed by atoms with Gasteiger partial charge in [-0.25, -0.2) is 0 Å². The molecule has 0 spiro atoms. The molecule has 6 heteroatoms. The summed E-state index contributed by atoms with van der Waals surface area (Å²) in [7, 11) is 0. The van der Waals surface area contributed by atoms with Gasteiger partial charge in [-0.1, -0.05) is 19.1 Å². The predicted molar refractivity (Wildman–Crippen MR) is 67.7 cm³/mol. The van der Waals surface area contributed by atoms with Gasteiger partial charge in [-0.05, 0) is 35.9 Å². The van der Waals surface area contributed by atoms with Crippen LogP contribution in [0.5, 0.6) is 5.75 Å². The van der Waals surface area contributed by atoms with Crippen molar-refractivity contribution in [3.63, 3.8) is 0 Å². The second kappa shape index (κ2) is 6.89. The molecule has 0 fully saturated rings. The van der Waals surface area contributed by atoms with E-state index in [1.54, 1.807) is 12.1 Å². The Kier molecular flexibility index (Phi) is 5.81. The minimum atomic E-state index is -4.19. The number of nitrogens with two attached hydrogens (primary N) is 1. The van der Waals surface area contributed by atoms with Crippen LogP contribution in [-0.4, -0.2) is 17.9 Å². The van der Waals surface area contributed by atoms with E-state index in [0.29, 0.717) is 5.75 Å². The van der Waals surface area contributed by atoms with Gasteiger partial charge in [0.15, 0.2) is 0 Å². The van der Waals surface area contributed by atoms with E-state index in [4.69, 9.17) is 10.5 Å². The van der Waals surface area contributed by atoms with Gasteiger partial charge in [-0.15, -0.1) is 0 Å². The molecule has 0 radical (unpaired) electrons. The van der Waals surface area contributed by atoms with Gasteiger partial charge in [0.2, 0.25) is 0 Å². The van der Waals surface area contributed by atoms with E-state index in [-0.39, 0.29) is 30.2 Å². The zero-order valence-corrected chi connectivity index (χ0v) is 10.9. The molecule has 1 aromatic rings. The molecule has 0 amide bonds. The summed E-state index contributed by atoms with van der Waals surface area (Å²) in [6.45, 7) is 2.02. The molecule has 0 unspecified atom stereocenters. The van der Waals surface area contributed by atoms with Crippen LogP contribution in [0.25, 0.3) is 0 Å². The number of rotatable bonds is 6. The van der Waals surface area contributed by atoms with Crippen molar-refractivity contribution in [1.82, 2.24) is 0 Å². The van der Waals surface area contributed by atoms with Crippen molar-refractivity contribution in [3.05, 3.63) is 29.8 Å². The zero-order chi connectivity index (χ0) is 13.6. The minimum Gasteiger partial charge on any atom is -0.493 e. The topological polar surface area (TPSA) is 35.2 Å². The lowest BCUT2D eigenvalue weighted by atomic mass is 10.1. The molecule has 18 heavy (non-hydrogen) atoms. The third-order valence-corrected chi connectivity index (χ3v) is 3.06. The molecule has 1 rings (SSSR count). The SMILES string of the molecule is CC[C@@H](N)c1ccc(OCCSC(F)(F)F)cc1. The lowest BCUT2D eigenvalue weighted by molar-refractivity contribution is -0.0329. The van der Waals surface area contributed by atoms with Crippen molar-refractivity contribution in [2.45, 2.75) is 24.9 Å². The molecule has 0 aromatic heterocycles. The first-order valence-corrected chi connectivity index (χ1v) is 6.60. The Bertz CT molecular complexity index is 353. The standard InChI is InChI=1S/C12H16F3NOS/c1-2-11(16)9-3-5-10(6-4-9)17-7-8-18-12(13,14)15/h3-6,11H,2,7-8,16H2,1H3/t11-/m1/s1. The monoisotopic (exact) mass is 279 g/mol. The molecule has 0 aliphatic carbocycles. The predicted octanol–water partition coefficient (Wildman–Crippen LogP) is 3.73. The summed E-state index contributed by atoms with van der Waals surface area (Å²) in [5, 5.41) is 0. The third kappa shape index (κ3) is 5.64. The van der Waals surface area contributed by atoms with E-state index in [2.05, 4.69) is 0 Å². The summed E-state index contributed by atoms with van der Waals surface area (Å²) in [6.07, 6.45) is 0.836. The van der Waals surface area contributed by atoms with Crippen LogP contribution in [-0.2, 0) is 0 Å². The minimum absolute atomic E-state index is 0.0140. The number of hydrogen-bond acceptors (Lipinski definition) is 3. The summed E-state index contributed by atoms with van der Waals surface area (Å²) in [6, 6.07) is 7.10. The van der Waals surface area contributed by atoms with Crippen LogP contribution < -0.4 is 10.5 Å². The smallest absolute Gasteiger partial charge is 0.441 e. The highest BCUT2D eigenvalue weighted by Crippen LogP contribution is 2.29. The van der Waals surface area contributed by atoms with Gasteiger partial charge in [-0.2, -0.15) is 13.2 Å². The number of halogens is 3. The van der Waals surface area contributed by atoms with Gasteiger partial charge in [0, 0.05) is 11.8 Å². The molecule has 0 saturated heterocycles. The Morgan fingerprint density at radius 3 is 2.39 bits per heavy atom. The quantitative estimate of drug-likeness (QED) is 0.806. The van der Waals surface area contributed by atoms with E-state index in [9.17, 15) is 13.2 Å². The first-order valence-electron chi connectivity index (χ1n) is 5.61.